The number of aliphatic imine (C=N–C) groups is 1. The van der Waals surface area contributed by atoms with Crippen molar-refractivity contribution in [3.8, 4) is 0 Å². The number of ether oxygens (including phenoxy) is 1. The summed E-state index contributed by atoms with van der Waals surface area (Å²) in [5.41, 5.74) is -0.223. The molecule has 136 valence electrons. The standard InChI is InChI=1S/C20H22N2O3S/c1-19(2)14-25-18(21-19)20(3)17(15-10-6-4-7-11-15)22(20)26(23,24)16-12-8-5-9-13-16/h4-13,17H,14H2,1-3H3/t17-,20+,22?/m1/s1. The maximum absolute atomic E-state index is 13.3. The molecule has 1 saturated heterocycles. The van der Waals surface area contributed by atoms with Gasteiger partial charge in [-0.25, -0.2) is 13.4 Å². The van der Waals surface area contributed by atoms with Crippen molar-refractivity contribution < 1.29 is 13.2 Å². The molecule has 0 saturated carbocycles. The Morgan fingerprint density at radius 2 is 1.58 bits per heavy atom. The fourth-order valence-electron chi connectivity index (χ4n) is 3.60. The van der Waals surface area contributed by atoms with E-state index in [-0.39, 0.29) is 16.5 Å². The van der Waals surface area contributed by atoms with Gasteiger partial charge in [0.2, 0.25) is 15.9 Å². The molecule has 4 rings (SSSR count). The Bertz CT molecular complexity index is 955. The van der Waals surface area contributed by atoms with Crippen LogP contribution in [0.1, 0.15) is 32.4 Å². The molecule has 0 N–H and O–H groups in total. The number of hydrogen-bond donors (Lipinski definition) is 0. The predicted octanol–water partition coefficient (Wildman–Crippen LogP) is 3.40. The zero-order valence-corrected chi connectivity index (χ0v) is 15.9. The van der Waals surface area contributed by atoms with Crippen molar-refractivity contribution in [1.82, 2.24) is 4.31 Å². The summed E-state index contributed by atoms with van der Waals surface area (Å²) in [7, 11) is -3.67. The molecule has 2 heterocycles. The van der Waals surface area contributed by atoms with Crippen molar-refractivity contribution in [2.45, 2.75) is 42.8 Å². The lowest BCUT2D eigenvalue weighted by molar-refractivity contribution is 0.267. The fourth-order valence-corrected chi connectivity index (χ4v) is 5.57. The lowest BCUT2D eigenvalue weighted by atomic mass is 10.0. The molecule has 1 unspecified atom stereocenters. The summed E-state index contributed by atoms with van der Waals surface area (Å²) in [4.78, 5) is 4.96. The summed E-state index contributed by atoms with van der Waals surface area (Å²) < 4.78 is 34.0. The van der Waals surface area contributed by atoms with E-state index in [1.54, 1.807) is 24.3 Å². The minimum absolute atomic E-state index is 0.280. The molecule has 0 aromatic heterocycles. The van der Waals surface area contributed by atoms with E-state index < -0.39 is 15.6 Å². The van der Waals surface area contributed by atoms with E-state index in [2.05, 4.69) is 4.99 Å². The first-order valence-electron chi connectivity index (χ1n) is 8.64. The van der Waals surface area contributed by atoms with Gasteiger partial charge in [0.1, 0.15) is 12.1 Å². The van der Waals surface area contributed by atoms with Gasteiger partial charge in [0.15, 0.2) is 0 Å². The predicted molar refractivity (Wildman–Crippen MR) is 101 cm³/mol. The van der Waals surface area contributed by atoms with Gasteiger partial charge in [0.05, 0.1) is 16.5 Å². The molecule has 2 aliphatic heterocycles. The van der Waals surface area contributed by atoms with Crippen molar-refractivity contribution in [2.75, 3.05) is 6.61 Å². The summed E-state index contributed by atoms with van der Waals surface area (Å²) in [5, 5.41) is 0. The molecule has 5 nitrogen and oxygen atoms in total. The lowest BCUT2D eigenvalue weighted by Crippen LogP contribution is -2.29. The molecule has 1 fully saturated rings. The molecule has 0 aliphatic carbocycles. The first kappa shape index (κ1) is 17.2. The van der Waals surface area contributed by atoms with E-state index in [4.69, 9.17) is 4.74 Å². The van der Waals surface area contributed by atoms with Crippen LogP contribution in [-0.4, -0.2) is 36.3 Å². The van der Waals surface area contributed by atoms with Crippen LogP contribution in [0, 0.1) is 0 Å². The highest BCUT2D eigenvalue weighted by Crippen LogP contribution is 2.58. The first-order chi connectivity index (χ1) is 12.3. The highest BCUT2D eigenvalue weighted by molar-refractivity contribution is 7.89. The zero-order valence-electron chi connectivity index (χ0n) is 15.1. The third-order valence-corrected chi connectivity index (χ3v) is 6.95. The van der Waals surface area contributed by atoms with Gasteiger partial charge >= 0.3 is 0 Å². The van der Waals surface area contributed by atoms with Crippen LogP contribution < -0.4 is 0 Å². The number of hydrogen-bond acceptors (Lipinski definition) is 4. The van der Waals surface area contributed by atoms with Gasteiger partial charge < -0.3 is 4.74 Å². The number of rotatable bonds is 4. The SMILES string of the molecule is CC1(C)COC([C@]2(C)[C@@H](c3ccccc3)N2S(=O)(=O)c2ccccc2)=N1. The summed E-state index contributed by atoms with van der Waals surface area (Å²) in [6.45, 7) is 6.32. The Balaban J connectivity index is 1.82. The largest absolute Gasteiger partial charge is 0.477 e. The van der Waals surface area contributed by atoms with Crippen LogP contribution in [0.4, 0.5) is 0 Å². The second-order valence-corrected chi connectivity index (χ2v) is 9.41. The molecule has 2 aromatic rings. The molecule has 2 aliphatic rings. The van der Waals surface area contributed by atoms with E-state index >= 15 is 0 Å². The Morgan fingerprint density at radius 3 is 2.12 bits per heavy atom. The van der Waals surface area contributed by atoms with Crippen LogP contribution in [0.15, 0.2) is 70.6 Å². The molecule has 6 heteroatoms. The van der Waals surface area contributed by atoms with Gasteiger partial charge in [0.25, 0.3) is 0 Å². The molecule has 0 amide bonds. The first-order valence-corrected chi connectivity index (χ1v) is 10.1. The summed E-state index contributed by atoms with van der Waals surface area (Å²) in [6.07, 6.45) is 0. The van der Waals surface area contributed by atoms with Crippen LogP contribution in [-0.2, 0) is 14.8 Å². The van der Waals surface area contributed by atoms with Crippen molar-refractivity contribution in [3.05, 3.63) is 66.2 Å². The molecule has 2 aromatic carbocycles. The molecule has 3 atom stereocenters. The third-order valence-electron chi connectivity index (χ3n) is 4.97. The van der Waals surface area contributed by atoms with Crippen LogP contribution in [0.5, 0.6) is 0 Å². The number of nitrogens with zero attached hydrogens (tertiary/aromatic N) is 2. The van der Waals surface area contributed by atoms with Crippen LogP contribution in [0.3, 0.4) is 0 Å². The zero-order chi connectivity index (χ0) is 18.6. The van der Waals surface area contributed by atoms with Crippen molar-refractivity contribution in [1.29, 1.82) is 0 Å². The molecular weight excluding hydrogens is 348 g/mol. The maximum Gasteiger partial charge on any atom is 0.244 e. The molecular formula is C20H22N2O3S. The van der Waals surface area contributed by atoms with Gasteiger partial charge in [-0.05, 0) is 38.5 Å². The smallest absolute Gasteiger partial charge is 0.244 e. The summed E-state index contributed by atoms with van der Waals surface area (Å²) in [6, 6.07) is 17.8. The van der Waals surface area contributed by atoms with Gasteiger partial charge in [-0.1, -0.05) is 48.5 Å². The number of benzene rings is 2. The van der Waals surface area contributed by atoms with E-state index in [0.717, 1.165) is 5.56 Å². The lowest BCUT2D eigenvalue weighted by Gasteiger charge is -2.12. The quantitative estimate of drug-likeness (QED) is 0.775. The van der Waals surface area contributed by atoms with E-state index in [9.17, 15) is 8.42 Å². The fraction of sp³-hybridized carbons (Fsp3) is 0.350. The van der Waals surface area contributed by atoms with E-state index in [0.29, 0.717) is 12.5 Å². The second-order valence-electron chi connectivity index (χ2n) is 7.59. The monoisotopic (exact) mass is 370 g/mol. The van der Waals surface area contributed by atoms with E-state index in [1.165, 1.54) is 4.31 Å². The highest BCUT2D eigenvalue weighted by atomic mass is 32.2. The van der Waals surface area contributed by atoms with Gasteiger partial charge in [0, 0.05) is 0 Å². The molecule has 26 heavy (non-hydrogen) atoms. The minimum Gasteiger partial charge on any atom is -0.477 e. The summed E-state index contributed by atoms with van der Waals surface area (Å²) in [5.74, 6) is 0.496. The topological polar surface area (TPSA) is 58.7 Å². The van der Waals surface area contributed by atoms with Gasteiger partial charge in [-0.15, -0.1) is 0 Å². The third kappa shape index (κ3) is 2.56. The molecule has 0 spiro atoms. The second kappa shape index (κ2) is 5.66. The average Bonchev–Trinajstić information content (AvgIpc) is 3.12. The van der Waals surface area contributed by atoms with Crippen LogP contribution >= 0.6 is 0 Å². The van der Waals surface area contributed by atoms with Gasteiger partial charge in [-0.3, -0.25) is 0 Å². The highest BCUT2D eigenvalue weighted by Gasteiger charge is 2.71. The van der Waals surface area contributed by atoms with Gasteiger partial charge in [-0.2, -0.15) is 4.31 Å². The van der Waals surface area contributed by atoms with E-state index in [1.807, 2.05) is 57.2 Å². The number of sulfonamides is 1. The average molecular weight is 370 g/mol. The van der Waals surface area contributed by atoms with Crippen LogP contribution in [0.25, 0.3) is 0 Å². The van der Waals surface area contributed by atoms with Crippen molar-refractivity contribution >= 4 is 15.9 Å². The Morgan fingerprint density at radius 1 is 1.00 bits per heavy atom. The Kier molecular flexibility index (Phi) is 3.75. The Labute approximate surface area is 154 Å². The van der Waals surface area contributed by atoms with Crippen molar-refractivity contribution in [2.24, 2.45) is 4.99 Å². The molecule has 0 bridgehead atoms. The van der Waals surface area contributed by atoms with Crippen molar-refractivity contribution in [3.63, 3.8) is 0 Å². The van der Waals surface area contributed by atoms with Crippen LogP contribution in [0.2, 0.25) is 0 Å². The Hall–Kier alpha value is -2.18. The minimum atomic E-state index is -3.67. The normalized spacial score (nSPS) is 29.7. The maximum atomic E-state index is 13.3. The summed E-state index contributed by atoms with van der Waals surface area (Å²) >= 11 is 0. The molecule has 0 radical (unpaired) electrons.